The van der Waals surface area contributed by atoms with Gasteiger partial charge in [-0.3, -0.25) is 9.59 Å². The smallest absolute Gasteiger partial charge is 0.279 e. The maximum Gasteiger partial charge on any atom is 0.279 e. The molecule has 2 amide bonds. The summed E-state index contributed by atoms with van der Waals surface area (Å²) in [6.07, 6.45) is 0.425. The monoisotopic (exact) mass is 368 g/mol. The average Bonchev–Trinajstić information content (AvgIpc) is 2.74. The molecule has 2 rings (SSSR count). The molecule has 138 valence electrons. The summed E-state index contributed by atoms with van der Waals surface area (Å²) < 4.78 is 23.2. The van der Waals surface area contributed by atoms with Crippen LogP contribution in [-0.2, 0) is 19.4 Å². The fourth-order valence-electron chi connectivity index (χ4n) is 2.94. The molecule has 0 spiro atoms. The summed E-state index contributed by atoms with van der Waals surface area (Å²) in [4.78, 5) is 24.9. The zero-order valence-corrected chi connectivity index (χ0v) is 15.7. The van der Waals surface area contributed by atoms with Gasteiger partial charge in [0.2, 0.25) is 0 Å². The third-order valence-electron chi connectivity index (χ3n) is 4.20. The number of likely N-dealkylation sites (N-methyl/N-ethyl adjacent to an activating group) is 1. The summed E-state index contributed by atoms with van der Waals surface area (Å²) in [5, 5.41) is 5.59. The first-order valence-corrected chi connectivity index (χ1v) is 10.1. The lowest BCUT2D eigenvalue weighted by Crippen LogP contribution is -3.11. The number of benzene rings is 1. The van der Waals surface area contributed by atoms with Gasteiger partial charge in [-0.25, -0.2) is 8.42 Å². The molecule has 1 fully saturated rings. The molecule has 1 aliphatic rings. The van der Waals surface area contributed by atoms with Gasteiger partial charge in [-0.1, -0.05) is 17.7 Å². The molecule has 1 aromatic carbocycles. The summed E-state index contributed by atoms with van der Waals surface area (Å²) in [5.74, 6) is -0.353. The summed E-state index contributed by atoms with van der Waals surface area (Å²) in [5.41, 5.74) is 1.12. The minimum absolute atomic E-state index is 0.0291. The van der Waals surface area contributed by atoms with Crippen LogP contribution in [0.1, 0.15) is 18.9 Å². The van der Waals surface area contributed by atoms with Crippen molar-refractivity contribution >= 4 is 27.3 Å². The van der Waals surface area contributed by atoms with Crippen molar-refractivity contribution in [2.75, 3.05) is 37.0 Å². The van der Waals surface area contributed by atoms with E-state index >= 15 is 0 Å². The van der Waals surface area contributed by atoms with Crippen molar-refractivity contribution in [3.05, 3.63) is 29.8 Å². The molecule has 0 bridgehead atoms. The maximum atomic E-state index is 12.1. The molecule has 0 aliphatic carbocycles. The molecule has 25 heavy (non-hydrogen) atoms. The predicted molar refractivity (Wildman–Crippen MR) is 96.2 cm³/mol. The predicted octanol–water partition coefficient (Wildman–Crippen LogP) is -0.858. The number of anilines is 1. The third kappa shape index (κ3) is 6.13. The molecule has 2 atom stereocenters. The van der Waals surface area contributed by atoms with E-state index in [1.807, 2.05) is 31.2 Å². The first-order valence-electron chi connectivity index (χ1n) is 8.26. The molecular formula is C17H26N3O4S+. The van der Waals surface area contributed by atoms with Gasteiger partial charge in [0.1, 0.15) is 0 Å². The van der Waals surface area contributed by atoms with Gasteiger partial charge >= 0.3 is 0 Å². The van der Waals surface area contributed by atoms with Crippen molar-refractivity contribution in [3.63, 3.8) is 0 Å². The molecule has 0 radical (unpaired) electrons. The Kier molecular flexibility index (Phi) is 5.84. The van der Waals surface area contributed by atoms with Crippen LogP contribution in [0.5, 0.6) is 0 Å². The Hall–Kier alpha value is -1.93. The van der Waals surface area contributed by atoms with Gasteiger partial charge in [0.25, 0.3) is 11.8 Å². The van der Waals surface area contributed by atoms with Crippen molar-refractivity contribution in [2.45, 2.75) is 25.8 Å². The summed E-state index contributed by atoms with van der Waals surface area (Å²) in [7, 11) is -1.32. The van der Waals surface area contributed by atoms with Crippen LogP contribution in [0.2, 0.25) is 0 Å². The van der Waals surface area contributed by atoms with Crippen molar-refractivity contribution in [1.82, 2.24) is 5.32 Å². The van der Waals surface area contributed by atoms with Gasteiger partial charge in [-0.15, -0.1) is 0 Å². The van der Waals surface area contributed by atoms with Crippen LogP contribution < -0.4 is 15.5 Å². The molecule has 8 heteroatoms. The molecule has 7 nitrogen and oxygen atoms in total. The quantitative estimate of drug-likeness (QED) is 0.609. The number of sulfone groups is 1. The van der Waals surface area contributed by atoms with Gasteiger partial charge in [-0.05, 0) is 32.4 Å². The minimum atomic E-state index is -3.07. The molecule has 1 heterocycles. The van der Waals surface area contributed by atoms with Crippen LogP contribution in [0, 0.1) is 6.92 Å². The van der Waals surface area contributed by atoms with E-state index in [-0.39, 0.29) is 36.4 Å². The highest BCUT2D eigenvalue weighted by molar-refractivity contribution is 7.91. The van der Waals surface area contributed by atoms with E-state index < -0.39 is 15.4 Å². The molecule has 0 saturated carbocycles. The fourth-order valence-corrected chi connectivity index (χ4v) is 5.04. The van der Waals surface area contributed by atoms with Crippen LogP contribution >= 0.6 is 0 Å². The summed E-state index contributed by atoms with van der Waals surface area (Å²) in [6, 6.07) is 7.49. The van der Waals surface area contributed by atoms with Crippen molar-refractivity contribution in [1.29, 1.82) is 0 Å². The van der Waals surface area contributed by atoms with Crippen LogP contribution in [0.3, 0.4) is 0 Å². The van der Waals surface area contributed by atoms with Crippen LogP contribution in [0.4, 0.5) is 5.69 Å². The van der Waals surface area contributed by atoms with Gasteiger partial charge in [0.15, 0.2) is 22.9 Å². The Morgan fingerprint density at radius 2 is 1.76 bits per heavy atom. The number of hydrogen-bond acceptors (Lipinski definition) is 4. The third-order valence-corrected chi connectivity index (χ3v) is 6.11. The Balaban J connectivity index is 1.79. The Bertz CT molecular complexity index is 746. The highest BCUT2D eigenvalue weighted by Crippen LogP contribution is 2.22. The van der Waals surface area contributed by atoms with Crippen molar-refractivity contribution < 1.29 is 22.9 Å². The SMILES string of the molecule is Cc1ccc(NC(=O)C[NH+](C)CC(=O)N[C@@]2(C)CCS(=O)(=O)C2)cc1. The van der Waals surface area contributed by atoms with Gasteiger partial charge in [0, 0.05) is 5.69 Å². The first-order chi connectivity index (χ1) is 11.6. The number of quaternary nitrogens is 1. The van der Waals surface area contributed by atoms with Crippen LogP contribution in [0.25, 0.3) is 0 Å². The number of amides is 2. The van der Waals surface area contributed by atoms with E-state index in [4.69, 9.17) is 0 Å². The molecule has 0 aromatic heterocycles. The fraction of sp³-hybridized carbons (Fsp3) is 0.529. The Morgan fingerprint density at radius 3 is 2.32 bits per heavy atom. The van der Waals surface area contributed by atoms with E-state index in [1.165, 1.54) is 0 Å². The second-order valence-electron chi connectivity index (χ2n) is 7.18. The number of carbonyl (C=O) groups is 2. The lowest BCUT2D eigenvalue weighted by atomic mass is 10.0. The lowest BCUT2D eigenvalue weighted by molar-refractivity contribution is -0.862. The van der Waals surface area contributed by atoms with Crippen molar-refractivity contribution in [3.8, 4) is 0 Å². The zero-order chi connectivity index (χ0) is 18.7. The van der Waals surface area contributed by atoms with E-state index in [1.54, 1.807) is 14.0 Å². The number of carbonyl (C=O) groups excluding carboxylic acids is 2. The van der Waals surface area contributed by atoms with Crippen LogP contribution in [0.15, 0.2) is 24.3 Å². The zero-order valence-electron chi connectivity index (χ0n) is 14.9. The van der Waals surface area contributed by atoms with E-state index in [0.29, 0.717) is 6.42 Å². The summed E-state index contributed by atoms with van der Waals surface area (Å²) >= 11 is 0. The minimum Gasteiger partial charge on any atom is -0.345 e. The van der Waals surface area contributed by atoms with E-state index in [2.05, 4.69) is 10.6 Å². The summed E-state index contributed by atoms with van der Waals surface area (Å²) in [6.45, 7) is 3.97. The Labute approximate surface area is 148 Å². The average molecular weight is 368 g/mol. The molecule has 1 aliphatic heterocycles. The topological polar surface area (TPSA) is 96.8 Å². The number of aryl methyl sites for hydroxylation is 1. The maximum absolute atomic E-state index is 12.1. The lowest BCUT2D eigenvalue weighted by Gasteiger charge is -2.24. The van der Waals surface area contributed by atoms with Crippen LogP contribution in [-0.4, -0.2) is 57.4 Å². The number of nitrogens with one attached hydrogen (secondary N) is 3. The second kappa shape index (κ2) is 7.53. The van der Waals surface area contributed by atoms with E-state index in [9.17, 15) is 18.0 Å². The van der Waals surface area contributed by atoms with Gasteiger partial charge < -0.3 is 15.5 Å². The largest absolute Gasteiger partial charge is 0.345 e. The van der Waals surface area contributed by atoms with E-state index in [0.717, 1.165) is 16.2 Å². The molecule has 1 saturated heterocycles. The van der Waals surface area contributed by atoms with Gasteiger partial charge in [-0.2, -0.15) is 0 Å². The highest BCUT2D eigenvalue weighted by Gasteiger charge is 2.39. The molecule has 1 aromatic rings. The molecule has 1 unspecified atom stereocenters. The number of rotatable bonds is 6. The highest BCUT2D eigenvalue weighted by atomic mass is 32.2. The Morgan fingerprint density at radius 1 is 1.16 bits per heavy atom. The normalized spacial score (nSPS) is 23.0. The second-order valence-corrected chi connectivity index (χ2v) is 9.36. The molecular weight excluding hydrogens is 342 g/mol. The van der Waals surface area contributed by atoms with Crippen molar-refractivity contribution in [2.24, 2.45) is 0 Å². The van der Waals surface area contributed by atoms with Gasteiger partial charge in [0.05, 0.1) is 24.1 Å². The standard InChI is InChI=1S/C17H25N3O4S/c1-13-4-6-14(7-5-13)18-15(21)10-20(3)11-16(22)19-17(2)8-9-25(23,24)12-17/h4-7H,8-12H2,1-3H3,(H,18,21)(H,19,22)/p+1/t17-/m0/s1. The molecule has 3 N–H and O–H groups in total. The number of hydrogen-bond donors (Lipinski definition) is 3. The first kappa shape index (κ1) is 19.4.